The zero-order chi connectivity index (χ0) is 16.6. The highest BCUT2D eigenvalue weighted by Gasteiger charge is 2.33. The first-order chi connectivity index (χ1) is 11.0. The third kappa shape index (κ3) is 2.63. The third-order valence-corrected chi connectivity index (χ3v) is 5.22. The Morgan fingerprint density at radius 3 is 2.35 bits per heavy atom. The lowest BCUT2D eigenvalue weighted by Gasteiger charge is -2.35. The molecule has 0 fully saturated rings. The standard InChI is InChI=1S/C21H24N2/c1-6-21(5)16(4)14(2)20-15(3)18(12-13-19(20)23-21)22-17-10-8-7-9-11-17/h7-13H,6H2,1-5H3. The van der Waals surface area contributed by atoms with Crippen molar-refractivity contribution < 1.29 is 0 Å². The molecule has 0 bridgehead atoms. The highest BCUT2D eigenvalue weighted by atomic mass is 14.9. The van der Waals surface area contributed by atoms with Crippen molar-refractivity contribution in [3.63, 3.8) is 0 Å². The first-order valence-corrected chi connectivity index (χ1v) is 8.28. The van der Waals surface area contributed by atoms with Crippen LogP contribution in [0.5, 0.6) is 0 Å². The Bertz CT molecular complexity index is 784. The molecule has 1 aliphatic heterocycles. The first kappa shape index (κ1) is 15.7. The van der Waals surface area contributed by atoms with Crippen LogP contribution in [-0.4, -0.2) is 17.0 Å². The van der Waals surface area contributed by atoms with E-state index in [1.54, 1.807) is 0 Å². The van der Waals surface area contributed by atoms with Gasteiger partial charge < -0.3 is 0 Å². The molecule has 1 aromatic rings. The van der Waals surface area contributed by atoms with Crippen LogP contribution in [0.1, 0.15) is 41.0 Å². The summed E-state index contributed by atoms with van der Waals surface area (Å²) in [5.41, 5.74) is 8.21. The van der Waals surface area contributed by atoms with E-state index in [2.05, 4.69) is 46.8 Å². The maximum atomic E-state index is 5.04. The Morgan fingerprint density at radius 2 is 1.70 bits per heavy atom. The van der Waals surface area contributed by atoms with E-state index in [4.69, 9.17) is 9.98 Å². The van der Waals surface area contributed by atoms with Gasteiger partial charge in [-0.15, -0.1) is 0 Å². The number of hydrogen-bond acceptors (Lipinski definition) is 2. The molecule has 0 aromatic heterocycles. The molecule has 0 spiro atoms. The van der Waals surface area contributed by atoms with Crippen LogP contribution in [0, 0.1) is 0 Å². The average Bonchev–Trinajstić information content (AvgIpc) is 2.56. The minimum atomic E-state index is -0.0817. The lowest BCUT2D eigenvalue weighted by molar-refractivity contribution is 0.525. The SMILES string of the molecule is CCC1(C)N=C2C=CC(=Nc3ccccc3)C(C)=C2C(C)=C1C. The van der Waals surface area contributed by atoms with E-state index >= 15 is 0 Å². The molecule has 3 rings (SSSR count). The summed E-state index contributed by atoms with van der Waals surface area (Å²) >= 11 is 0. The fourth-order valence-electron chi connectivity index (χ4n) is 3.30. The summed E-state index contributed by atoms with van der Waals surface area (Å²) in [6.45, 7) is 11.0. The van der Waals surface area contributed by atoms with Gasteiger partial charge in [0, 0.05) is 5.57 Å². The van der Waals surface area contributed by atoms with Crippen LogP contribution in [-0.2, 0) is 0 Å². The molecule has 118 valence electrons. The number of allylic oxidation sites excluding steroid dienone is 5. The first-order valence-electron chi connectivity index (χ1n) is 8.28. The Morgan fingerprint density at radius 1 is 1.00 bits per heavy atom. The highest BCUT2D eigenvalue weighted by Crippen LogP contribution is 2.38. The van der Waals surface area contributed by atoms with Crippen LogP contribution < -0.4 is 0 Å². The van der Waals surface area contributed by atoms with Gasteiger partial charge >= 0.3 is 0 Å². The van der Waals surface area contributed by atoms with E-state index in [9.17, 15) is 0 Å². The molecule has 1 heterocycles. The van der Waals surface area contributed by atoms with Gasteiger partial charge in [-0.3, -0.25) is 4.99 Å². The second-order valence-electron chi connectivity index (χ2n) is 6.54. The smallest absolute Gasteiger partial charge is 0.0796 e. The normalized spacial score (nSPS) is 25.8. The molecule has 0 saturated carbocycles. The zero-order valence-corrected chi connectivity index (χ0v) is 14.6. The van der Waals surface area contributed by atoms with Crippen molar-refractivity contribution in [3.8, 4) is 0 Å². The van der Waals surface area contributed by atoms with Crippen molar-refractivity contribution in [2.45, 2.75) is 46.6 Å². The van der Waals surface area contributed by atoms with E-state index < -0.39 is 0 Å². The number of rotatable bonds is 2. The molecule has 23 heavy (non-hydrogen) atoms. The lowest BCUT2D eigenvalue weighted by Crippen LogP contribution is -2.32. The predicted molar refractivity (Wildman–Crippen MR) is 99.9 cm³/mol. The average molecular weight is 304 g/mol. The molecular formula is C21H24N2. The van der Waals surface area contributed by atoms with Crippen LogP contribution in [0.2, 0.25) is 0 Å². The summed E-state index contributed by atoms with van der Waals surface area (Å²) < 4.78 is 0. The van der Waals surface area contributed by atoms with Gasteiger partial charge in [-0.25, -0.2) is 4.99 Å². The molecule has 0 radical (unpaired) electrons. The molecule has 2 nitrogen and oxygen atoms in total. The quantitative estimate of drug-likeness (QED) is 0.635. The summed E-state index contributed by atoms with van der Waals surface area (Å²) in [7, 11) is 0. The van der Waals surface area contributed by atoms with Crippen molar-refractivity contribution in [2.24, 2.45) is 9.98 Å². The van der Waals surface area contributed by atoms with E-state index in [0.717, 1.165) is 23.5 Å². The third-order valence-electron chi connectivity index (χ3n) is 5.22. The van der Waals surface area contributed by atoms with Crippen LogP contribution >= 0.6 is 0 Å². The molecule has 0 N–H and O–H groups in total. The van der Waals surface area contributed by atoms with E-state index in [1.165, 1.54) is 22.3 Å². The molecule has 1 atom stereocenters. The maximum absolute atomic E-state index is 5.04. The van der Waals surface area contributed by atoms with Crippen molar-refractivity contribution in [3.05, 3.63) is 64.8 Å². The highest BCUT2D eigenvalue weighted by molar-refractivity contribution is 6.26. The second kappa shape index (κ2) is 5.77. The van der Waals surface area contributed by atoms with Gasteiger partial charge in [0.25, 0.3) is 0 Å². The maximum Gasteiger partial charge on any atom is 0.0796 e. The van der Waals surface area contributed by atoms with Gasteiger partial charge in [-0.1, -0.05) is 25.1 Å². The summed E-state index contributed by atoms with van der Waals surface area (Å²) in [4.78, 5) is 9.84. The van der Waals surface area contributed by atoms with E-state index in [-0.39, 0.29) is 5.54 Å². The summed E-state index contributed by atoms with van der Waals surface area (Å²) in [6.07, 6.45) is 5.23. The molecule has 0 saturated heterocycles. The summed E-state index contributed by atoms with van der Waals surface area (Å²) in [6, 6.07) is 10.1. The molecule has 1 aromatic carbocycles. The van der Waals surface area contributed by atoms with Crippen LogP contribution in [0.3, 0.4) is 0 Å². The van der Waals surface area contributed by atoms with Gasteiger partial charge in [0.1, 0.15) is 0 Å². The number of aliphatic imine (C=N–C) groups is 2. The number of hydrogen-bond donors (Lipinski definition) is 0. The lowest BCUT2D eigenvalue weighted by atomic mass is 9.78. The molecule has 2 heteroatoms. The summed E-state index contributed by atoms with van der Waals surface area (Å²) in [5.74, 6) is 0. The molecule has 0 amide bonds. The molecular weight excluding hydrogens is 280 g/mol. The van der Waals surface area contributed by atoms with E-state index in [1.807, 2.05) is 30.3 Å². The number of para-hydroxylation sites is 1. The number of fused-ring (bicyclic) bond motifs is 1. The van der Waals surface area contributed by atoms with Crippen LogP contribution in [0.15, 0.2) is 74.8 Å². The monoisotopic (exact) mass is 304 g/mol. The minimum Gasteiger partial charge on any atom is -0.274 e. The van der Waals surface area contributed by atoms with Crippen LogP contribution in [0.25, 0.3) is 0 Å². The Kier molecular flexibility index (Phi) is 3.93. The second-order valence-corrected chi connectivity index (χ2v) is 6.54. The zero-order valence-electron chi connectivity index (χ0n) is 14.6. The van der Waals surface area contributed by atoms with Gasteiger partial charge in [0.2, 0.25) is 0 Å². The van der Waals surface area contributed by atoms with Crippen molar-refractivity contribution in [2.75, 3.05) is 0 Å². The topological polar surface area (TPSA) is 24.7 Å². The molecule has 2 aliphatic rings. The number of dihydropyridines is 1. The number of nitrogens with zero attached hydrogens (tertiary/aromatic N) is 2. The largest absolute Gasteiger partial charge is 0.274 e. The fraction of sp³-hybridized carbons (Fsp3) is 0.333. The van der Waals surface area contributed by atoms with Crippen molar-refractivity contribution in [1.82, 2.24) is 0 Å². The van der Waals surface area contributed by atoms with Crippen LogP contribution in [0.4, 0.5) is 5.69 Å². The van der Waals surface area contributed by atoms with Crippen molar-refractivity contribution in [1.29, 1.82) is 0 Å². The Hall–Kier alpha value is -2.22. The Labute approximate surface area is 139 Å². The van der Waals surface area contributed by atoms with Crippen molar-refractivity contribution >= 4 is 17.1 Å². The number of benzene rings is 1. The van der Waals surface area contributed by atoms with Gasteiger partial charge in [0.15, 0.2) is 0 Å². The van der Waals surface area contributed by atoms with Gasteiger partial charge in [-0.2, -0.15) is 0 Å². The Balaban J connectivity index is 2.12. The molecule has 1 unspecified atom stereocenters. The van der Waals surface area contributed by atoms with Gasteiger partial charge in [0.05, 0.1) is 22.6 Å². The minimum absolute atomic E-state index is 0.0817. The van der Waals surface area contributed by atoms with E-state index in [0.29, 0.717) is 0 Å². The molecule has 1 aliphatic carbocycles. The summed E-state index contributed by atoms with van der Waals surface area (Å²) in [5, 5.41) is 0. The fourth-order valence-corrected chi connectivity index (χ4v) is 3.30. The van der Waals surface area contributed by atoms with Gasteiger partial charge in [-0.05, 0) is 75.1 Å². The predicted octanol–water partition coefficient (Wildman–Crippen LogP) is 5.61.